The molecule has 0 aromatic heterocycles. The Balaban J connectivity index is 1.64. The molecule has 6 nitrogen and oxygen atoms in total. The quantitative estimate of drug-likeness (QED) is 0.687. The highest BCUT2D eigenvalue weighted by molar-refractivity contribution is 9.10. The van der Waals surface area contributed by atoms with Crippen LogP contribution in [-0.4, -0.2) is 41.2 Å². The van der Waals surface area contributed by atoms with Crippen molar-refractivity contribution in [3.63, 3.8) is 0 Å². The van der Waals surface area contributed by atoms with Gasteiger partial charge in [0.05, 0.1) is 6.54 Å². The Hall–Kier alpha value is -2.38. The van der Waals surface area contributed by atoms with Crippen LogP contribution in [0.2, 0.25) is 0 Å². The Morgan fingerprint density at radius 2 is 1.78 bits per heavy atom. The van der Waals surface area contributed by atoms with E-state index in [9.17, 15) is 14.7 Å². The van der Waals surface area contributed by atoms with E-state index in [4.69, 9.17) is 4.74 Å². The minimum atomic E-state index is -1.14. The number of aliphatic hydroxyl groups excluding tert-OH is 1. The predicted octanol–water partition coefficient (Wildman–Crippen LogP) is 2.96. The molecule has 1 aliphatic rings. The second-order valence-electron chi connectivity index (χ2n) is 6.76. The van der Waals surface area contributed by atoms with Crippen molar-refractivity contribution < 1.29 is 19.4 Å². The van der Waals surface area contributed by atoms with Gasteiger partial charge in [-0.15, -0.1) is 0 Å². The Kier molecular flexibility index (Phi) is 5.53. The number of nitrogens with one attached hydrogen (secondary N) is 1. The molecule has 142 valence electrons. The Bertz CT molecular complexity index is 838. The van der Waals surface area contributed by atoms with Crippen LogP contribution in [0, 0.1) is 6.92 Å². The number of amides is 3. The third kappa shape index (κ3) is 4.14. The summed E-state index contributed by atoms with van der Waals surface area (Å²) < 4.78 is 6.43. The lowest BCUT2D eigenvalue weighted by molar-refractivity contribution is -0.132. The van der Waals surface area contributed by atoms with Gasteiger partial charge in [-0.1, -0.05) is 45.8 Å². The van der Waals surface area contributed by atoms with Crippen LogP contribution in [0.25, 0.3) is 0 Å². The lowest BCUT2D eigenvalue weighted by atomic mass is 9.91. The number of β-amino-alcohol motifs (C(OH)–C–C–N with tert-alkyl or cyclic N) is 1. The predicted molar refractivity (Wildman–Crippen MR) is 104 cm³/mol. The van der Waals surface area contributed by atoms with Crippen LogP contribution < -0.4 is 10.1 Å². The molecule has 1 aliphatic heterocycles. The second kappa shape index (κ2) is 7.70. The molecule has 0 radical (unpaired) electrons. The van der Waals surface area contributed by atoms with Crippen molar-refractivity contribution in [3.05, 3.63) is 64.1 Å². The van der Waals surface area contributed by atoms with Crippen molar-refractivity contribution in [3.8, 4) is 5.75 Å². The molecule has 1 heterocycles. The maximum absolute atomic E-state index is 12.9. The molecule has 2 aromatic carbocycles. The molecule has 3 rings (SSSR count). The average Bonchev–Trinajstić information content (AvgIpc) is 2.86. The number of hydrogen-bond donors (Lipinski definition) is 2. The summed E-state index contributed by atoms with van der Waals surface area (Å²) in [4.78, 5) is 26.2. The summed E-state index contributed by atoms with van der Waals surface area (Å²) in [6.07, 6.45) is -0.997. The Labute approximate surface area is 166 Å². The third-order valence-corrected chi connectivity index (χ3v) is 5.08. The summed E-state index contributed by atoms with van der Waals surface area (Å²) in [5.74, 6) is 0.206. The number of carbonyl (C=O) groups is 2. The van der Waals surface area contributed by atoms with Crippen molar-refractivity contribution in [1.82, 2.24) is 10.2 Å². The zero-order chi connectivity index (χ0) is 19.6. The van der Waals surface area contributed by atoms with E-state index >= 15 is 0 Å². The second-order valence-corrected chi connectivity index (χ2v) is 7.67. The molecule has 2 aromatic rings. The maximum Gasteiger partial charge on any atom is 0.325 e. The molecular formula is C20H21BrN2O4. The smallest absolute Gasteiger partial charge is 0.325 e. The van der Waals surface area contributed by atoms with Gasteiger partial charge in [-0.2, -0.15) is 0 Å². The van der Waals surface area contributed by atoms with Gasteiger partial charge < -0.3 is 15.2 Å². The van der Waals surface area contributed by atoms with Crippen LogP contribution in [0.4, 0.5) is 4.79 Å². The van der Waals surface area contributed by atoms with Crippen molar-refractivity contribution in [1.29, 1.82) is 0 Å². The van der Waals surface area contributed by atoms with Gasteiger partial charge >= 0.3 is 6.03 Å². The molecule has 0 aliphatic carbocycles. The standard InChI is InChI=1S/C20H21BrN2O4/c1-13-3-5-14(6-4-13)20(2)18(25)23(19(26)22-20)11-16(24)12-27-17-9-7-15(21)8-10-17/h3-10,16,24H,11-12H2,1-2H3,(H,22,26). The summed E-state index contributed by atoms with van der Waals surface area (Å²) in [5, 5.41) is 13.0. The number of hydrogen-bond acceptors (Lipinski definition) is 4. The number of urea groups is 1. The minimum Gasteiger partial charge on any atom is -0.491 e. The topological polar surface area (TPSA) is 78.9 Å². The fourth-order valence-electron chi connectivity index (χ4n) is 2.93. The average molecular weight is 433 g/mol. The highest BCUT2D eigenvalue weighted by Gasteiger charge is 2.49. The first kappa shape index (κ1) is 19.4. The SMILES string of the molecule is Cc1ccc(C2(C)NC(=O)N(CC(O)COc3ccc(Br)cc3)C2=O)cc1. The zero-order valence-corrected chi connectivity index (χ0v) is 16.7. The van der Waals surface area contributed by atoms with Gasteiger partial charge in [0, 0.05) is 4.47 Å². The molecule has 0 bridgehead atoms. The molecule has 7 heteroatoms. The fourth-order valence-corrected chi connectivity index (χ4v) is 3.20. The van der Waals surface area contributed by atoms with Gasteiger partial charge in [0.2, 0.25) is 0 Å². The first-order chi connectivity index (χ1) is 12.8. The number of nitrogens with zero attached hydrogens (tertiary/aromatic N) is 1. The van der Waals surface area contributed by atoms with E-state index in [1.165, 1.54) is 0 Å². The van der Waals surface area contributed by atoms with E-state index in [2.05, 4.69) is 21.2 Å². The van der Waals surface area contributed by atoms with Crippen LogP contribution in [0.15, 0.2) is 53.0 Å². The van der Waals surface area contributed by atoms with Gasteiger partial charge in [0.25, 0.3) is 5.91 Å². The first-order valence-corrected chi connectivity index (χ1v) is 9.36. The van der Waals surface area contributed by atoms with Crippen LogP contribution in [-0.2, 0) is 10.3 Å². The lowest BCUT2D eigenvalue weighted by Gasteiger charge is -2.23. The van der Waals surface area contributed by atoms with E-state index < -0.39 is 17.7 Å². The van der Waals surface area contributed by atoms with Gasteiger partial charge in [-0.05, 0) is 43.7 Å². The normalized spacial score (nSPS) is 20.5. The lowest BCUT2D eigenvalue weighted by Crippen LogP contribution is -2.42. The number of benzene rings is 2. The highest BCUT2D eigenvalue weighted by Crippen LogP contribution is 2.29. The van der Waals surface area contributed by atoms with Crippen LogP contribution >= 0.6 is 15.9 Å². The molecule has 27 heavy (non-hydrogen) atoms. The highest BCUT2D eigenvalue weighted by atomic mass is 79.9. The van der Waals surface area contributed by atoms with E-state index in [1.54, 1.807) is 19.1 Å². The zero-order valence-electron chi connectivity index (χ0n) is 15.1. The van der Waals surface area contributed by atoms with Crippen LogP contribution in [0.1, 0.15) is 18.1 Å². The Morgan fingerprint density at radius 1 is 1.15 bits per heavy atom. The molecule has 1 fully saturated rings. The minimum absolute atomic E-state index is 0.0278. The third-order valence-electron chi connectivity index (χ3n) is 4.55. The molecular weight excluding hydrogens is 412 g/mol. The van der Waals surface area contributed by atoms with Crippen molar-refractivity contribution >= 4 is 27.9 Å². The van der Waals surface area contributed by atoms with Gasteiger partial charge in [-0.25, -0.2) is 4.79 Å². The largest absolute Gasteiger partial charge is 0.491 e. The molecule has 3 amide bonds. The monoisotopic (exact) mass is 432 g/mol. The van der Waals surface area contributed by atoms with Crippen molar-refractivity contribution in [2.24, 2.45) is 0 Å². The van der Waals surface area contributed by atoms with E-state index in [-0.39, 0.29) is 19.1 Å². The summed E-state index contributed by atoms with van der Waals surface area (Å²) in [5.41, 5.74) is 0.628. The molecule has 0 spiro atoms. The molecule has 2 unspecified atom stereocenters. The summed E-state index contributed by atoms with van der Waals surface area (Å²) in [6, 6.07) is 14.1. The van der Waals surface area contributed by atoms with Gasteiger partial charge in [-0.3, -0.25) is 9.69 Å². The molecule has 2 N–H and O–H groups in total. The van der Waals surface area contributed by atoms with Crippen LogP contribution in [0.5, 0.6) is 5.75 Å². The number of aliphatic hydroxyl groups is 1. The first-order valence-electron chi connectivity index (χ1n) is 8.57. The Morgan fingerprint density at radius 3 is 2.41 bits per heavy atom. The summed E-state index contributed by atoms with van der Waals surface area (Å²) >= 11 is 3.34. The fraction of sp³-hybridized carbons (Fsp3) is 0.300. The number of aryl methyl sites for hydroxylation is 1. The van der Waals surface area contributed by atoms with E-state index in [1.807, 2.05) is 43.3 Å². The number of ether oxygens (including phenoxy) is 1. The number of carbonyl (C=O) groups excluding carboxylic acids is 2. The van der Waals surface area contributed by atoms with Crippen molar-refractivity contribution in [2.75, 3.05) is 13.2 Å². The number of halogens is 1. The summed E-state index contributed by atoms with van der Waals surface area (Å²) in [6.45, 7) is 3.46. The van der Waals surface area contributed by atoms with Gasteiger partial charge in [0.1, 0.15) is 24.0 Å². The number of rotatable bonds is 6. The molecule has 1 saturated heterocycles. The number of imide groups is 1. The van der Waals surface area contributed by atoms with Gasteiger partial charge in [0.15, 0.2) is 0 Å². The van der Waals surface area contributed by atoms with E-state index in [0.29, 0.717) is 11.3 Å². The summed E-state index contributed by atoms with van der Waals surface area (Å²) in [7, 11) is 0. The molecule has 0 saturated carbocycles. The molecule has 2 atom stereocenters. The van der Waals surface area contributed by atoms with E-state index in [0.717, 1.165) is 14.9 Å². The maximum atomic E-state index is 12.9. The van der Waals surface area contributed by atoms with Crippen molar-refractivity contribution in [2.45, 2.75) is 25.5 Å². The van der Waals surface area contributed by atoms with Crippen LogP contribution in [0.3, 0.4) is 0 Å².